The Hall–Kier alpha value is -3.32. The van der Waals surface area contributed by atoms with E-state index in [1.807, 2.05) is 36.4 Å². The molecule has 3 aromatic rings. The number of benzene rings is 2. The first-order chi connectivity index (χ1) is 15.9. The van der Waals surface area contributed by atoms with Crippen LogP contribution >= 0.6 is 0 Å². The van der Waals surface area contributed by atoms with E-state index in [1.165, 1.54) is 0 Å². The molecule has 0 radical (unpaired) electrons. The summed E-state index contributed by atoms with van der Waals surface area (Å²) in [6.07, 6.45) is 4.72. The molecular formula is C26H29NO6. The van der Waals surface area contributed by atoms with Crippen LogP contribution in [0.4, 0.5) is 0 Å². The van der Waals surface area contributed by atoms with Gasteiger partial charge in [0.05, 0.1) is 24.8 Å². The first kappa shape index (κ1) is 22.9. The minimum atomic E-state index is -1.04. The molecule has 174 valence electrons. The number of aliphatic hydroxyl groups is 1. The zero-order valence-corrected chi connectivity index (χ0v) is 18.6. The van der Waals surface area contributed by atoms with Crippen LogP contribution in [0.1, 0.15) is 42.9 Å². The minimum absolute atomic E-state index is 0.0240. The van der Waals surface area contributed by atoms with Gasteiger partial charge in [-0.2, -0.15) is 0 Å². The number of ether oxygens (including phenoxy) is 1. The summed E-state index contributed by atoms with van der Waals surface area (Å²) in [5.41, 5.74) is 2.55. The number of fused-ring (bicyclic) bond motifs is 1. The van der Waals surface area contributed by atoms with Gasteiger partial charge in [0.15, 0.2) is 6.61 Å². The number of carboxylic acids is 1. The predicted molar refractivity (Wildman–Crippen MR) is 123 cm³/mol. The van der Waals surface area contributed by atoms with Crippen LogP contribution in [0.2, 0.25) is 0 Å². The van der Waals surface area contributed by atoms with Crippen molar-refractivity contribution < 1.29 is 29.0 Å². The molecule has 0 aliphatic heterocycles. The predicted octanol–water partition coefficient (Wildman–Crippen LogP) is 4.19. The molecule has 4 rings (SSSR count). The molecule has 7 nitrogen and oxygen atoms in total. The molecule has 3 unspecified atom stereocenters. The second kappa shape index (κ2) is 10.1. The van der Waals surface area contributed by atoms with Crippen LogP contribution in [0.3, 0.4) is 0 Å². The van der Waals surface area contributed by atoms with Crippen molar-refractivity contribution in [3.63, 3.8) is 0 Å². The molecular weight excluding hydrogens is 422 g/mol. The summed E-state index contributed by atoms with van der Waals surface area (Å²) < 4.78 is 10.8. The van der Waals surface area contributed by atoms with Crippen molar-refractivity contribution in [3.05, 3.63) is 65.9 Å². The lowest BCUT2D eigenvalue weighted by atomic mass is 9.92. The van der Waals surface area contributed by atoms with E-state index in [4.69, 9.17) is 14.3 Å². The number of amides is 1. The highest BCUT2D eigenvalue weighted by Gasteiger charge is 2.30. The Kier molecular flexibility index (Phi) is 6.99. The van der Waals surface area contributed by atoms with Gasteiger partial charge >= 0.3 is 5.97 Å². The summed E-state index contributed by atoms with van der Waals surface area (Å²) in [7, 11) is 1.80. The number of aliphatic hydroxyl groups excluding tert-OH is 1. The first-order valence-electron chi connectivity index (χ1n) is 11.2. The van der Waals surface area contributed by atoms with E-state index in [1.54, 1.807) is 30.3 Å². The number of hydrogen-bond acceptors (Lipinski definition) is 5. The van der Waals surface area contributed by atoms with Crippen LogP contribution in [-0.2, 0) is 16.0 Å². The van der Waals surface area contributed by atoms with Crippen LogP contribution in [0.5, 0.6) is 5.75 Å². The van der Waals surface area contributed by atoms with E-state index in [9.17, 15) is 14.7 Å². The summed E-state index contributed by atoms with van der Waals surface area (Å²) in [4.78, 5) is 26.0. The quantitative estimate of drug-likeness (QED) is 0.506. The second-order valence-electron chi connectivity index (χ2n) is 8.77. The number of furan rings is 1. The van der Waals surface area contributed by atoms with Gasteiger partial charge in [-0.05, 0) is 67.0 Å². The van der Waals surface area contributed by atoms with Gasteiger partial charge in [0.2, 0.25) is 5.91 Å². The number of aliphatic carboxylic acids is 1. The summed E-state index contributed by atoms with van der Waals surface area (Å²) in [6, 6.07) is 14.6. The molecule has 2 N–H and O–H groups in total. The van der Waals surface area contributed by atoms with Gasteiger partial charge in [-0.25, -0.2) is 4.79 Å². The van der Waals surface area contributed by atoms with Gasteiger partial charge in [-0.1, -0.05) is 24.3 Å². The maximum absolute atomic E-state index is 13.4. The third kappa shape index (κ3) is 5.54. The molecule has 0 saturated heterocycles. The number of carboxylic acid groups (broad SMARTS) is 1. The summed E-state index contributed by atoms with van der Waals surface area (Å²) in [6.45, 7) is -0.424. The SMILES string of the molecule is CN(C(=O)Cc1cccc2occc12)C(CC1CCC(O)C1)c1cccc(OCC(=O)O)c1. The third-order valence-electron chi connectivity index (χ3n) is 6.46. The van der Waals surface area contributed by atoms with Crippen LogP contribution in [-0.4, -0.2) is 46.7 Å². The van der Waals surface area contributed by atoms with Gasteiger partial charge in [0.1, 0.15) is 11.3 Å². The maximum Gasteiger partial charge on any atom is 0.341 e. The Balaban J connectivity index is 1.57. The molecule has 2 aromatic carbocycles. The van der Waals surface area contributed by atoms with Gasteiger partial charge in [0, 0.05) is 12.4 Å². The zero-order chi connectivity index (χ0) is 23.4. The van der Waals surface area contributed by atoms with Crippen LogP contribution in [0.15, 0.2) is 59.2 Å². The molecule has 1 fully saturated rings. The largest absolute Gasteiger partial charge is 0.482 e. The Labute approximate surface area is 192 Å². The van der Waals surface area contributed by atoms with Gasteiger partial charge in [0.25, 0.3) is 0 Å². The Bertz CT molecular complexity index is 1120. The van der Waals surface area contributed by atoms with E-state index in [2.05, 4.69) is 0 Å². The Morgan fingerprint density at radius 3 is 2.76 bits per heavy atom. The summed E-state index contributed by atoms with van der Waals surface area (Å²) in [5.74, 6) is -0.307. The van der Waals surface area contributed by atoms with Gasteiger partial charge in [-0.3, -0.25) is 4.79 Å². The molecule has 1 aliphatic rings. The molecule has 1 saturated carbocycles. The van der Waals surface area contributed by atoms with Crippen LogP contribution in [0, 0.1) is 5.92 Å². The van der Waals surface area contributed by atoms with Crippen molar-refractivity contribution in [1.29, 1.82) is 0 Å². The van der Waals surface area contributed by atoms with E-state index in [0.29, 0.717) is 11.7 Å². The van der Waals surface area contributed by atoms with Crippen molar-refractivity contribution in [2.45, 2.75) is 44.2 Å². The molecule has 33 heavy (non-hydrogen) atoms. The second-order valence-corrected chi connectivity index (χ2v) is 8.77. The molecule has 1 aromatic heterocycles. The van der Waals surface area contributed by atoms with E-state index < -0.39 is 12.6 Å². The number of carbonyl (C=O) groups excluding carboxylic acids is 1. The Morgan fingerprint density at radius 1 is 1.18 bits per heavy atom. The standard InChI is InChI=1S/C26H29NO6/c1-27(25(29)15-18-4-3-7-24-22(18)10-11-32-24)23(13-17-8-9-20(28)12-17)19-5-2-6-21(14-19)33-16-26(30)31/h2-7,10-11,14,17,20,23,28H,8-9,12-13,15-16H2,1H3,(H,30,31). The fourth-order valence-electron chi connectivity index (χ4n) is 4.73. The van der Waals surface area contributed by atoms with Crippen LogP contribution in [0.25, 0.3) is 11.0 Å². The molecule has 3 atom stereocenters. The Morgan fingerprint density at radius 2 is 2.00 bits per heavy atom. The number of carbonyl (C=O) groups is 2. The van der Waals surface area contributed by atoms with E-state index in [0.717, 1.165) is 47.8 Å². The lowest BCUT2D eigenvalue weighted by molar-refractivity contribution is -0.139. The number of likely N-dealkylation sites (N-methyl/N-ethyl adjacent to an activating group) is 1. The van der Waals surface area contributed by atoms with Crippen molar-refractivity contribution in [2.24, 2.45) is 5.92 Å². The topological polar surface area (TPSA) is 100 Å². The highest BCUT2D eigenvalue weighted by molar-refractivity contribution is 5.87. The molecule has 1 heterocycles. The average molecular weight is 452 g/mol. The lowest BCUT2D eigenvalue weighted by Gasteiger charge is -2.31. The number of nitrogens with zero attached hydrogens (tertiary/aromatic N) is 1. The molecule has 7 heteroatoms. The van der Waals surface area contributed by atoms with Gasteiger partial charge < -0.3 is 24.3 Å². The van der Waals surface area contributed by atoms with E-state index in [-0.39, 0.29) is 24.5 Å². The van der Waals surface area contributed by atoms with E-state index >= 15 is 0 Å². The van der Waals surface area contributed by atoms with Crippen molar-refractivity contribution in [3.8, 4) is 5.75 Å². The minimum Gasteiger partial charge on any atom is -0.482 e. The summed E-state index contributed by atoms with van der Waals surface area (Å²) >= 11 is 0. The fraction of sp³-hybridized carbons (Fsp3) is 0.385. The zero-order valence-electron chi connectivity index (χ0n) is 18.6. The normalized spacial score (nSPS) is 18.8. The molecule has 0 bridgehead atoms. The highest BCUT2D eigenvalue weighted by Crippen LogP contribution is 2.37. The van der Waals surface area contributed by atoms with Crippen molar-refractivity contribution in [2.75, 3.05) is 13.7 Å². The molecule has 0 spiro atoms. The third-order valence-corrected chi connectivity index (χ3v) is 6.46. The molecule has 1 aliphatic carbocycles. The molecule has 1 amide bonds. The number of rotatable bonds is 9. The summed E-state index contributed by atoms with van der Waals surface area (Å²) in [5, 5.41) is 19.9. The first-order valence-corrected chi connectivity index (χ1v) is 11.2. The number of hydrogen-bond donors (Lipinski definition) is 2. The van der Waals surface area contributed by atoms with Crippen molar-refractivity contribution in [1.82, 2.24) is 4.90 Å². The smallest absolute Gasteiger partial charge is 0.341 e. The van der Waals surface area contributed by atoms with Crippen molar-refractivity contribution >= 4 is 22.8 Å². The highest BCUT2D eigenvalue weighted by atomic mass is 16.5. The van der Waals surface area contributed by atoms with Crippen LogP contribution < -0.4 is 4.74 Å². The monoisotopic (exact) mass is 451 g/mol. The van der Waals surface area contributed by atoms with Gasteiger partial charge in [-0.15, -0.1) is 0 Å². The lowest BCUT2D eigenvalue weighted by Crippen LogP contribution is -2.33. The average Bonchev–Trinajstić information content (AvgIpc) is 3.45. The fourth-order valence-corrected chi connectivity index (χ4v) is 4.73. The maximum atomic E-state index is 13.4.